The van der Waals surface area contributed by atoms with Crippen molar-refractivity contribution in [2.24, 2.45) is 5.73 Å². The molecule has 3 N–H and O–H groups in total. The number of ether oxygens (including phenoxy) is 1. The Labute approximate surface area is 122 Å². The summed E-state index contributed by atoms with van der Waals surface area (Å²) >= 11 is 0. The van der Waals surface area contributed by atoms with Gasteiger partial charge >= 0.3 is 0 Å². The van der Waals surface area contributed by atoms with Gasteiger partial charge in [-0.15, -0.1) is 0 Å². The molecule has 0 atom stereocenters. The first-order valence-corrected chi connectivity index (χ1v) is 6.61. The van der Waals surface area contributed by atoms with Crippen LogP contribution in [0.5, 0.6) is 5.75 Å². The number of nitrogens with one attached hydrogen (secondary N) is 1. The fourth-order valence-electron chi connectivity index (χ4n) is 1.74. The van der Waals surface area contributed by atoms with Gasteiger partial charge in [-0.05, 0) is 31.5 Å². The van der Waals surface area contributed by atoms with Gasteiger partial charge < -0.3 is 15.8 Å². The monoisotopic (exact) mass is 290 g/mol. The molecule has 0 spiro atoms. The van der Waals surface area contributed by atoms with Crippen LogP contribution in [-0.2, 0) is 6.54 Å². The molecular weight excluding hydrogens is 272 g/mol. The maximum Gasteiger partial charge on any atom is 0.251 e. The Morgan fingerprint density at radius 3 is 2.86 bits per heavy atom. The maximum atomic E-state index is 12.1. The van der Waals surface area contributed by atoms with Crippen LogP contribution in [0.4, 0.5) is 0 Å². The molecule has 112 valence electrons. The standard InChI is InChI=1S/C14H18N4O3/c1-9-3-4-11(7-13(9)20-6-5-15)14(19)16-8-12-10(2)17-21-18-12/h3-4,7H,5-6,8,15H2,1-2H3,(H,16,19). The number of carbonyl (C=O) groups excluding carboxylic acids is 1. The SMILES string of the molecule is Cc1ccc(C(=O)NCc2nonc2C)cc1OCCN. The number of nitrogens with zero attached hydrogens (tertiary/aromatic N) is 2. The fourth-order valence-corrected chi connectivity index (χ4v) is 1.74. The van der Waals surface area contributed by atoms with E-state index in [0.717, 1.165) is 5.56 Å². The van der Waals surface area contributed by atoms with Crippen molar-refractivity contribution in [3.63, 3.8) is 0 Å². The summed E-state index contributed by atoms with van der Waals surface area (Å²) in [5.74, 6) is 0.447. The van der Waals surface area contributed by atoms with Crippen molar-refractivity contribution >= 4 is 5.91 Å². The van der Waals surface area contributed by atoms with Crippen LogP contribution < -0.4 is 15.8 Å². The van der Waals surface area contributed by atoms with Crippen LogP contribution in [0, 0.1) is 13.8 Å². The van der Waals surface area contributed by atoms with Crippen LogP contribution in [0.15, 0.2) is 22.8 Å². The van der Waals surface area contributed by atoms with E-state index in [-0.39, 0.29) is 12.5 Å². The van der Waals surface area contributed by atoms with E-state index >= 15 is 0 Å². The largest absolute Gasteiger partial charge is 0.492 e. The number of rotatable bonds is 6. The quantitative estimate of drug-likeness (QED) is 0.821. The maximum absolute atomic E-state index is 12.1. The lowest BCUT2D eigenvalue weighted by molar-refractivity contribution is 0.0949. The molecule has 7 heteroatoms. The molecule has 7 nitrogen and oxygen atoms in total. The zero-order valence-electron chi connectivity index (χ0n) is 12.0. The molecule has 1 amide bonds. The number of aryl methyl sites for hydroxylation is 2. The van der Waals surface area contributed by atoms with Gasteiger partial charge in [0, 0.05) is 12.1 Å². The minimum Gasteiger partial charge on any atom is -0.492 e. The summed E-state index contributed by atoms with van der Waals surface area (Å²) in [5, 5.41) is 10.1. The smallest absolute Gasteiger partial charge is 0.251 e. The third-order valence-electron chi connectivity index (χ3n) is 2.99. The summed E-state index contributed by atoms with van der Waals surface area (Å²) in [4.78, 5) is 12.1. The number of nitrogens with two attached hydrogens (primary N) is 1. The van der Waals surface area contributed by atoms with Gasteiger partial charge in [-0.1, -0.05) is 16.4 Å². The van der Waals surface area contributed by atoms with E-state index in [1.165, 1.54) is 0 Å². The predicted octanol–water partition coefficient (Wildman–Crippen LogP) is 0.954. The molecule has 1 heterocycles. The first-order chi connectivity index (χ1) is 10.1. The average Bonchev–Trinajstić information content (AvgIpc) is 2.89. The highest BCUT2D eigenvalue weighted by atomic mass is 16.6. The van der Waals surface area contributed by atoms with Gasteiger partial charge in [-0.25, -0.2) is 4.63 Å². The first kappa shape index (κ1) is 15.0. The molecule has 0 unspecified atom stereocenters. The lowest BCUT2D eigenvalue weighted by Crippen LogP contribution is -2.23. The van der Waals surface area contributed by atoms with E-state index in [4.69, 9.17) is 10.5 Å². The van der Waals surface area contributed by atoms with Gasteiger partial charge in [-0.3, -0.25) is 4.79 Å². The normalized spacial score (nSPS) is 10.4. The van der Waals surface area contributed by atoms with E-state index in [1.807, 2.05) is 13.0 Å². The van der Waals surface area contributed by atoms with E-state index < -0.39 is 0 Å². The summed E-state index contributed by atoms with van der Waals surface area (Å²) in [6.07, 6.45) is 0. The summed E-state index contributed by atoms with van der Waals surface area (Å²) in [5.41, 5.74) is 8.15. The number of benzene rings is 1. The summed E-state index contributed by atoms with van der Waals surface area (Å²) < 4.78 is 10.1. The second-order valence-corrected chi connectivity index (χ2v) is 4.60. The molecule has 0 aliphatic heterocycles. The van der Waals surface area contributed by atoms with Crippen molar-refractivity contribution in [1.82, 2.24) is 15.6 Å². The third-order valence-corrected chi connectivity index (χ3v) is 2.99. The van der Waals surface area contributed by atoms with E-state index in [0.29, 0.717) is 35.9 Å². The van der Waals surface area contributed by atoms with Gasteiger partial charge in [0.1, 0.15) is 23.7 Å². The number of amides is 1. The fraction of sp³-hybridized carbons (Fsp3) is 0.357. The Morgan fingerprint density at radius 2 is 2.19 bits per heavy atom. The second kappa shape index (κ2) is 6.85. The van der Waals surface area contributed by atoms with Crippen molar-refractivity contribution in [3.05, 3.63) is 40.7 Å². The Kier molecular flexibility index (Phi) is 4.89. The zero-order valence-corrected chi connectivity index (χ0v) is 12.0. The minimum atomic E-state index is -0.213. The Morgan fingerprint density at radius 1 is 1.38 bits per heavy atom. The molecule has 0 radical (unpaired) electrons. The average molecular weight is 290 g/mol. The second-order valence-electron chi connectivity index (χ2n) is 4.60. The molecule has 1 aromatic carbocycles. The van der Waals surface area contributed by atoms with Crippen LogP contribution in [0.2, 0.25) is 0 Å². The molecule has 0 aliphatic carbocycles. The molecule has 0 bridgehead atoms. The molecule has 21 heavy (non-hydrogen) atoms. The van der Waals surface area contributed by atoms with Gasteiger partial charge in [0.25, 0.3) is 5.91 Å². The number of carbonyl (C=O) groups is 1. The van der Waals surface area contributed by atoms with Gasteiger partial charge in [0.2, 0.25) is 0 Å². The number of aromatic nitrogens is 2. The molecule has 2 aromatic rings. The van der Waals surface area contributed by atoms with Crippen LogP contribution in [0.25, 0.3) is 0 Å². The van der Waals surface area contributed by atoms with Crippen molar-refractivity contribution in [1.29, 1.82) is 0 Å². The summed E-state index contributed by atoms with van der Waals surface area (Å²) in [6.45, 7) is 4.78. The van der Waals surface area contributed by atoms with Gasteiger partial charge in [-0.2, -0.15) is 0 Å². The van der Waals surface area contributed by atoms with E-state index in [9.17, 15) is 4.79 Å². The molecule has 2 rings (SSSR count). The van der Waals surface area contributed by atoms with E-state index in [2.05, 4.69) is 20.3 Å². The molecule has 1 aromatic heterocycles. The first-order valence-electron chi connectivity index (χ1n) is 6.61. The molecule has 0 fully saturated rings. The highest BCUT2D eigenvalue weighted by molar-refractivity contribution is 5.94. The number of hydrogen-bond acceptors (Lipinski definition) is 6. The summed E-state index contributed by atoms with van der Waals surface area (Å²) in [7, 11) is 0. The third kappa shape index (κ3) is 3.79. The van der Waals surface area contributed by atoms with E-state index in [1.54, 1.807) is 19.1 Å². The highest BCUT2D eigenvalue weighted by Crippen LogP contribution is 2.19. The molecule has 0 saturated heterocycles. The van der Waals surface area contributed by atoms with Crippen molar-refractivity contribution in [2.45, 2.75) is 20.4 Å². The Bertz CT molecular complexity index is 624. The molecule has 0 saturated carbocycles. The Balaban J connectivity index is 2.03. The van der Waals surface area contributed by atoms with Crippen molar-refractivity contribution in [3.8, 4) is 5.75 Å². The lowest BCUT2D eigenvalue weighted by atomic mass is 10.1. The summed E-state index contributed by atoms with van der Waals surface area (Å²) in [6, 6.07) is 5.28. The van der Waals surface area contributed by atoms with Crippen molar-refractivity contribution < 1.29 is 14.2 Å². The van der Waals surface area contributed by atoms with Crippen LogP contribution >= 0.6 is 0 Å². The molecular formula is C14H18N4O3. The Hall–Kier alpha value is -2.41. The lowest BCUT2D eigenvalue weighted by Gasteiger charge is -2.10. The minimum absolute atomic E-state index is 0.213. The number of hydrogen-bond donors (Lipinski definition) is 2. The highest BCUT2D eigenvalue weighted by Gasteiger charge is 2.11. The van der Waals surface area contributed by atoms with Crippen LogP contribution in [0.3, 0.4) is 0 Å². The van der Waals surface area contributed by atoms with Gasteiger partial charge in [0.15, 0.2) is 0 Å². The van der Waals surface area contributed by atoms with Crippen LogP contribution in [0.1, 0.15) is 27.3 Å². The molecule has 0 aliphatic rings. The zero-order chi connectivity index (χ0) is 15.2. The van der Waals surface area contributed by atoms with Crippen LogP contribution in [-0.4, -0.2) is 29.4 Å². The topological polar surface area (TPSA) is 103 Å². The van der Waals surface area contributed by atoms with Gasteiger partial charge in [0.05, 0.1) is 6.54 Å². The van der Waals surface area contributed by atoms with Crippen molar-refractivity contribution in [2.75, 3.05) is 13.2 Å². The predicted molar refractivity (Wildman–Crippen MR) is 75.9 cm³/mol.